The van der Waals surface area contributed by atoms with Crippen LogP contribution in [0.3, 0.4) is 0 Å². The van der Waals surface area contributed by atoms with Gasteiger partial charge in [-0.1, -0.05) is 40.2 Å². The summed E-state index contributed by atoms with van der Waals surface area (Å²) in [7, 11) is 1.59. The van der Waals surface area contributed by atoms with Crippen LogP contribution in [-0.4, -0.2) is 18.9 Å². The highest BCUT2D eigenvalue weighted by atomic mass is 79.9. The summed E-state index contributed by atoms with van der Waals surface area (Å²) in [6.07, 6.45) is 3.19. The second-order valence-corrected chi connectivity index (χ2v) is 5.80. The second-order valence-electron chi connectivity index (χ2n) is 4.88. The van der Waals surface area contributed by atoms with Gasteiger partial charge in [0.25, 0.3) is 5.91 Å². The van der Waals surface area contributed by atoms with E-state index in [0.29, 0.717) is 12.1 Å². The minimum atomic E-state index is -0.166. The molecule has 0 spiro atoms. The summed E-state index contributed by atoms with van der Waals surface area (Å²) in [4.78, 5) is 23.3. The first kappa shape index (κ1) is 17.0. The van der Waals surface area contributed by atoms with Crippen molar-refractivity contribution in [1.82, 2.24) is 10.6 Å². The molecule has 0 radical (unpaired) electrons. The molecule has 118 valence electrons. The van der Waals surface area contributed by atoms with E-state index in [1.165, 1.54) is 6.08 Å². The standard InChI is InChI=1S/C18H17BrN2O2/c1-20-18(23)15-8-5-13(6-9-15)7-10-17(22)21-12-14-3-2-4-16(19)11-14/h2-11H,12H2,1H3,(H,20,23)(H,21,22)/b10-7+. The summed E-state index contributed by atoms with van der Waals surface area (Å²) in [5, 5.41) is 5.39. The monoisotopic (exact) mass is 372 g/mol. The number of rotatable bonds is 5. The SMILES string of the molecule is CNC(=O)c1ccc(/C=C/C(=O)NCc2cccc(Br)c2)cc1. The van der Waals surface area contributed by atoms with Crippen LogP contribution in [0.2, 0.25) is 0 Å². The molecule has 0 heterocycles. The van der Waals surface area contributed by atoms with Gasteiger partial charge in [-0.3, -0.25) is 9.59 Å². The van der Waals surface area contributed by atoms with Crippen molar-refractivity contribution in [2.45, 2.75) is 6.54 Å². The van der Waals surface area contributed by atoms with Gasteiger partial charge in [-0.15, -0.1) is 0 Å². The number of amides is 2. The van der Waals surface area contributed by atoms with Crippen molar-refractivity contribution in [2.75, 3.05) is 7.05 Å². The molecular formula is C18H17BrN2O2. The molecule has 2 N–H and O–H groups in total. The molecule has 5 heteroatoms. The van der Waals surface area contributed by atoms with E-state index in [2.05, 4.69) is 26.6 Å². The predicted octanol–water partition coefficient (Wildman–Crippen LogP) is 3.14. The van der Waals surface area contributed by atoms with Crippen molar-refractivity contribution >= 4 is 33.8 Å². The van der Waals surface area contributed by atoms with Crippen molar-refractivity contribution in [2.24, 2.45) is 0 Å². The first-order valence-corrected chi connectivity index (χ1v) is 7.90. The van der Waals surface area contributed by atoms with E-state index in [0.717, 1.165) is 15.6 Å². The maximum absolute atomic E-state index is 11.8. The molecule has 4 nitrogen and oxygen atoms in total. The summed E-state index contributed by atoms with van der Waals surface area (Å²) >= 11 is 3.40. The maximum atomic E-state index is 11.8. The molecule has 0 aromatic heterocycles. The third-order valence-electron chi connectivity index (χ3n) is 3.18. The lowest BCUT2D eigenvalue weighted by Gasteiger charge is -2.03. The van der Waals surface area contributed by atoms with Crippen molar-refractivity contribution in [3.05, 3.63) is 75.8 Å². The third-order valence-corrected chi connectivity index (χ3v) is 3.68. The van der Waals surface area contributed by atoms with Crippen LogP contribution in [0.4, 0.5) is 0 Å². The van der Waals surface area contributed by atoms with Crippen LogP contribution in [0.25, 0.3) is 6.08 Å². The topological polar surface area (TPSA) is 58.2 Å². The van der Waals surface area contributed by atoms with E-state index in [9.17, 15) is 9.59 Å². The highest BCUT2D eigenvalue weighted by Gasteiger charge is 2.01. The Kier molecular flexibility index (Phi) is 6.11. The maximum Gasteiger partial charge on any atom is 0.251 e. The van der Waals surface area contributed by atoms with Crippen molar-refractivity contribution < 1.29 is 9.59 Å². The number of hydrogen-bond acceptors (Lipinski definition) is 2. The van der Waals surface area contributed by atoms with Crippen LogP contribution in [-0.2, 0) is 11.3 Å². The minimum Gasteiger partial charge on any atom is -0.355 e. The number of halogens is 1. The fraction of sp³-hybridized carbons (Fsp3) is 0.111. The Morgan fingerprint density at radius 1 is 1.13 bits per heavy atom. The molecular weight excluding hydrogens is 356 g/mol. The highest BCUT2D eigenvalue weighted by molar-refractivity contribution is 9.10. The molecule has 0 atom stereocenters. The van der Waals surface area contributed by atoms with E-state index < -0.39 is 0 Å². The lowest BCUT2D eigenvalue weighted by atomic mass is 10.1. The van der Waals surface area contributed by atoms with Gasteiger partial charge >= 0.3 is 0 Å². The van der Waals surface area contributed by atoms with E-state index in [1.54, 1.807) is 37.4 Å². The molecule has 2 rings (SSSR count). The molecule has 0 aliphatic carbocycles. The Hall–Kier alpha value is -2.40. The largest absolute Gasteiger partial charge is 0.355 e. The molecule has 0 saturated carbocycles. The second kappa shape index (κ2) is 8.29. The third kappa shape index (κ3) is 5.38. The summed E-state index contributed by atoms with van der Waals surface area (Å²) in [5.41, 5.74) is 2.47. The van der Waals surface area contributed by atoms with Crippen LogP contribution in [0.5, 0.6) is 0 Å². The number of hydrogen-bond donors (Lipinski definition) is 2. The zero-order chi connectivity index (χ0) is 16.7. The van der Waals surface area contributed by atoms with Gasteiger partial charge in [0.05, 0.1) is 0 Å². The molecule has 0 aliphatic rings. The van der Waals surface area contributed by atoms with Gasteiger partial charge in [0.15, 0.2) is 0 Å². The molecule has 2 aromatic rings. The smallest absolute Gasteiger partial charge is 0.251 e. The fourth-order valence-corrected chi connectivity index (χ4v) is 2.40. The summed E-state index contributed by atoms with van der Waals surface area (Å²) in [6, 6.07) is 14.8. The highest BCUT2D eigenvalue weighted by Crippen LogP contribution is 2.11. The first-order valence-electron chi connectivity index (χ1n) is 7.11. The summed E-state index contributed by atoms with van der Waals surface area (Å²) in [5.74, 6) is -0.298. The van der Waals surface area contributed by atoms with Gasteiger partial charge in [-0.05, 0) is 41.5 Å². The van der Waals surface area contributed by atoms with Gasteiger partial charge in [-0.25, -0.2) is 0 Å². The summed E-state index contributed by atoms with van der Waals surface area (Å²) in [6.45, 7) is 0.470. The van der Waals surface area contributed by atoms with E-state index in [-0.39, 0.29) is 11.8 Å². The van der Waals surface area contributed by atoms with Gasteiger partial charge in [0.2, 0.25) is 5.91 Å². The van der Waals surface area contributed by atoms with Crippen molar-refractivity contribution in [3.8, 4) is 0 Å². The predicted molar refractivity (Wildman–Crippen MR) is 94.9 cm³/mol. The normalized spacial score (nSPS) is 10.5. The van der Waals surface area contributed by atoms with Gasteiger partial charge < -0.3 is 10.6 Å². The first-order chi connectivity index (χ1) is 11.1. The number of nitrogens with one attached hydrogen (secondary N) is 2. The minimum absolute atomic E-state index is 0.132. The van der Waals surface area contributed by atoms with Gasteiger partial charge in [0, 0.05) is 29.7 Å². The van der Waals surface area contributed by atoms with E-state index in [1.807, 2.05) is 24.3 Å². The Labute approximate surface area is 143 Å². The van der Waals surface area contributed by atoms with Gasteiger partial charge in [0.1, 0.15) is 0 Å². The Morgan fingerprint density at radius 3 is 2.52 bits per heavy atom. The molecule has 23 heavy (non-hydrogen) atoms. The Balaban J connectivity index is 1.89. The zero-order valence-electron chi connectivity index (χ0n) is 12.7. The molecule has 2 amide bonds. The average molecular weight is 373 g/mol. The summed E-state index contributed by atoms with van der Waals surface area (Å²) < 4.78 is 0.982. The van der Waals surface area contributed by atoms with Gasteiger partial charge in [-0.2, -0.15) is 0 Å². The average Bonchev–Trinajstić information content (AvgIpc) is 2.58. The molecule has 0 aliphatic heterocycles. The molecule has 0 fully saturated rings. The molecule has 2 aromatic carbocycles. The van der Waals surface area contributed by atoms with Crippen LogP contribution in [0.15, 0.2) is 59.1 Å². The zero-order valence-corrected chi connectivity index (χ0v) is 14.3. The quantitative estimate of drug-likeness (QED) is 0.792. The lowest BCUT2D eigenvalue weighted by molar-refractivity contribution is -0.116. The number of carbonyl (C=O) groups excluding carboxylic acids is 2. The van der Waals surface area contributed by atoms with E-state index in [4.69, 9.17) is 0 Å². The fourth-order valence-electron chi connectivity index (χ4n) is 1.96. The van der Waals surface area contributed by atoms with Crippen LogP contribution in [0.1, 0.15) is 21.5 Å². The molecule has 0 bridgehead atoms. The lowest BCUT2D eigenvalue weighted by Crippen LogP contribution is -2.20. The van der Waals surface area contributed by atoms with Crippen LogP contribution in [0, 0.1) is 0 Å². The number of benzene rings is 2. The van der Waals surface area contributed by atoms with E-state index >= 15 is 0 Å². The van der Waals surface area contributed by atoms with Crippen molar-refractivity contribution in [3.63, 3.8) is 0 Å². The van der Waals surface area contributed by atoms with Crippen LogP contribution >= 0.6 is 15.9 Å². The van der Waals surface area contributed by atoms with Crippen molar-refractivity contribution in [1.29, 1.82) is 0 Å². The molecule has 0 saturated heterocycles. The molecule has 0 unspecified atom stereocenters. The number of carbonyl (C=O) groups is 2. The van der Waals surface area contributed by atoms with Crippen LogP contribution < -0.4 is 10.6 Å². The Bertz CT molecular complexity index is 724. The Morgan fingerprint density at radius 2 is 1.87 bits per heavy atom.